The second-order valence-corrected chi connectivity index (χ2v) is 4.30. The van der Waals surface area contributed by atoms with Gasteiger partial charge in [0.25, 0.3) is 0 Å². The van der Waals surface area contributed by atoms with Crippen molar-refractivity contribution in [3.63, 3.8) is 0 Å². The van der Waals surface area contributed by atoms with Crippen LogP contribution in [0.15, 0.2) is 18.2 Å². The summed E-state index contributed by atoms with van der Waals surface area (Å²) in [7, 11) is 1.64. The van der Waals surface area contributed by atoms with Crippen molar-refractivity contribution in [1.29, 1.82) is 0 Å². The van der Waals surface area contributed by atoms with Gasteiger partial charge in [-0.2, -0.15) is 0 Å². The van der Waals surface area contributed by atoms with Gasteiger partial charge in [0.05, 0.1) is 13.7 Å². The van der Waals surface area contributed by atoms with Gasteiger partial charge in [0.1, 0.15) is 5.75 Å². The normalized spacial score (nSPS) is 14.7. The second kappa shape index (κ2) is 4.64. The van der Waals surface area contributed by atoms with E-state index in [-0.39, 0.29) is 6.61 Å². The predicted octanol–water partition coefficient (Wildman–Crippen LogP) is 1.26. The van der Waals surface area contributed by atoms with E-state index < -0.39 is 5.54 Å². The highest BCUT2D eigenvalue weighted by Crippen LogP contribution is 2.23. The Morgan fingerprint density at radius 3 is 2.67 bits per heavy atom. The maximum absolute atomic E-state index is 9.11. The number of benzene rings is 1. The van der Waals surface area contributed by atoms with Crippen LogP contribution >= 0.6 is 0 Å². The van der Waals surface area contributed by atoms with Gasteiger partial charge in [-0.15, -0.1) is 0 Å². The molecule has 1 aromatic carbocycles. The lowest BCUT2D eigenvalue weighted by molar-refractivity contribution is 0.207. The largest absolute Gasteiger partial charge is 0.496 e. The molecule has 3 N–H and O–H groups in total. The molecule has 1 rings (SSSR count). The van der Waals surface area contributed by atoms with Gasteiger partial charge in [0.15, 0.2) is 0 Å². The first-order valence-corrected chi connectivity index (χ1v) is 5.02. The molecule has 1 unspecified atom stereocenters. The molecular formula is C12H19NO2. The fourth-order valence-corrected chi connectivity index (χ4v) is 1.49. The van der Waals surface area contributed by atoms with Gasteiger partial charge in [-0.05, 0) is 37.5 Å². The van der Waals surface area contributed by atoms with Gasteiger partial charge >= 0.3 is 0 Å². The molecule has 0 radical (unpaired) electrons. The van der Waals surface area contributed by atoms with Crippen molar-refractivity contribution in [1.82, 2.24) is 0 Å². The summed E-state index contributed by atoms with van der Waals surface area (Å²) in [5, 5.41) is 9.11. The van der Waals surface area contributed by atoms with Crippen LogP contribution in [0.5, 0.6) is 5.75 Å². The molecule has 0 fully saturated rings. The molecule has 1 atom stereocenters. The minimum atomic E-state index is -0.595. The number of aliphatic hydroxyl groups excluding tert-OH is 1. The molecule has 84 valence electrons. The van der Waals surface area contributed by atoms with Gasteiger partial charge in [-0.25, -0.2) is 0 Å². The number of nitrogens with two attached hydrogens (primary N) is 1. The molecule has 0 bridgehead atoms. The smallest absolute Gasteiger partial charge is 0.122 e. The van der Waals surface area contributed by atoms with E-state index in [4.69, 9.17) is 15.6 Å². The van der Waals surface area contributed by atoms with Gasteiger partial charge in [-0.1, -0.05) is 12.1 Å². The van der Waals surface area contributed by atoms with Crippen LogP contribution in [-0.2, 0) is 6.42 Å². The summed E-state index contributed by atoms with van der Waals surface area (Å²) in [4.78, 5) is 0. The third-order valence-electron chi connectivity index (χ3n) is 2.40. The number of aliphatic hydroxyl groups is 1. The van der Waals surface area contributed by atoms with Crippen molar-refractivity contribution in [2.75, 3.05) is 13.7 Å². The molecular weight excluding hydrogens is 190 g/mol. The van der Waals surface area contributed by atoms with Crippen LogP contribution in [-0.4, -0.2) is 24.4 Å². The van der Waals surface area contributed by atoms with Crippen molar-refractivity contribution >= 4 is 0 Å². The molecule has 1 aromatic rings. The predicted molar refractivity (Wildman–Crippen MR) is 61.1 cm³/mol. The standard InChI is InChI=1S/C12H19NO2/c1-9-4-5-10(11(6-9)15-3)7-12(2,13)8-14/h4-6,14H,7-8,13H2,1-3H3. The fraction of sp³-hybridized carbons (Fsp3) is 0.500. The van der Waals surface area contributed by atoms with E-state index in [1.807, 2.05) is 32.0 Å². The van der Waals surface area contributed by atoms with Gasteiger partial charge in [0.2, 0.25) is 0 Å². The van der Waals surface area contributed by atoms with Gasteiger partial charge < -0.3 is 15.6 Å². The molecule has 0 aliphatic rings. The minimum Gasteiger partial charge on any atom is -0.496 e. The van der Waals surface area contributed by atoms with Crippen LogP contribution in [0.4, 0.5) is 0 Å². The monoisotopic (exact) mass is 209 g/mol. The van der Waals surface area contributed by atoms with E-state index in [2.05, 4.69) is 0 Å². The Hall–Kier alpha value is -1.06. The molecule has 0 aliphatic carbocycles. The van der Waals surface area contributed by atoms with E-state index >= 15 is 0 Å². The first-order chi connectivity index (χ1) is 6.98. The zero-order valence-corrected chi connectivity index (χ0v) is 9.58. The van der Waals surface area contributed by atoms with Crippen molar-refractivity contribution < 1.29 is 9.84 Å². The number of aryl methyl sites for hydroxylation is 1. The number of ether oxygens (including phenoxy) is 1. The molecule has 0 heterocycles. The van der Waals surface area contributed by atoms with Crippen molar-refractivity contribution in [3.05, 3.63) is 29.3 Å². The summed E-state index contributed by atoms with van der Waals surface area (Å²) < 4.78 is 5.28. The van der Waals surface area contributed by atoms with Crippen molar-refractivity contribution in [2.24, 2.45) is 5.73 Å². The summed E-state index contributed by atoms with van der Waals surface area (Å²) in [6.45, 7) is 3.80. The quantitative estimate of drug-likeness (QED) is 0.784. The van der Waals surface area contributed by atoms with Crippen molar-refractivity contribution in [3.8, 4) is 5.75 Å². The highest BCUT2D eigenvalue weighted by molar-refractivity contribution is 5.38. The number of methoxy groups -OCH3 is 1. The number of rotatable bonds is 4. The molecule has 3 nitrogen and oxygen atoms in total. The Balaban J connectivity index is 2.94. The minimum absolute atomic E-state index is 0.0377. The maximum atomic E-state index is 9.11. The SMILES string of the molecule is COc1cc(C)ccc1CC(C)(N)CO. The maximum Gasteiger partial charge on any atom is 0.122 e. The summed E-state index contributed by atoms with van der Waals surface area (Å²) in [5.74, 6) is 0.833. The lowest BCUT2D eigenvalue weighted by Crippen LogP contribution is -2.42. The van der Waals surface area contributed by atoms with Crippen LogP contribution in [0.1, 0.15) is 18.1 Å². The van der Waals surface area contributed by atoms with E-state index in [1.165, 1.54) is 0 Å². The van der Waals surface area contributed by atoms with E-state index in [1.54, 1.807) is 7.11 Å². The summed E-state index contributed by atoms with van der Waals surface area (Å²) >= 11 is 0. The van der Waals surface area contributed by atoms with Crippen LogP contribution in [0.3, 0.4) is 0 Å². The second-order valence-electron chi connectivity index (χ2n) is 4.30. The first-order valence-electron chi connectivity index (χ1n) is 5.02. The number of hydrogen-bond acceptors (Lipinski definition) is 3. The number of hydrogen-bond donors (Lipinski definition) is 2. The topological polar surface area (TPSA) is 55.5 Å². The lowest BCUT2D eigenvalue weighted by Gasteiger charge is -2.22. The lowest BCUT2D eigenvalue weighted by atomic mass is 9.94. The van der Waals surface area contributed by atoms with E-state index in [9.17, 15) is 0 Å². The van der Waals surface area contributed by atoms with E-state index in [0.29, 0.717) is 6.42 Å². The van der Waals surface area contributed by atoms with Crippen LogP contribution in [0.2, 0.25) is 0 Å². The van der Waals surface area contributed by atoms with Gasteiger partial charge in [0, 0.05) is 5.54 Å². The van der Waals surface area contributed by atoms with Crippen LogP contribution < -0.4 is 10.5 Å². The first kappa shape index (κ1) is 12.0. The molecule has 0 saturated carbocycles. The molecule has 0 amide bonds. The average Bonchev–Trinajstić information content (AvgIpc) is 2.20. The molecule has 15 heavy (non-hydrogen) atoms. The fourth-order valence-electron chi connectivity index (χ4n) is 1.49. The zero-order valence-electron chi connectivity index (χ0n) is 9.58. The molecule has 0 saturated heterocycles. The Labute approximate surface area is 90.9 Å². The molecule has 0 aliphatic heterocycles. The Morgan fingerprint density at radius 1 is 1.47 bits per heavy atom. The van der Waals surface area contributed by atoms with E-state index in [0.717, 1.165) is 16.9 Å². The highest BCUT2D eigenvalue weighted by Gasteiger charge is 2.19. The van der Waals surface area contributed by atoms with Crippen LogP contribution in [0.25, 0.3) is 0 Å². The summed E-state index contributed by atoms with van der Waals surface area (Å²) in [5.41, 5.74) is 7.49. The third kappa shape index (κ3) is 3.22. The summed E-state index contributed by atoms with van der Waals surface area (Å²) in [6.07, 6.45) is 0.604. The molecule has 3 heteroatoms. The molecule has 0 spiro atoms. The molecule has 0 aromatic heterocycles. The van der Waals surface area contributed by atoms with Crippen LogP contribution in [0, 0.1) is 6.92 Å². The van der Waals surface area contributed by atoms with Crippen molar-refractivity contribution in [2.45, 2.75) is 25.8 Å². The zero-order chi connectivity index (χ0) is 11.5. The Kier molecular flexibility index (Phi) is 3.72. The highest BCUT2D eigenvalue weighted by atomic mass is 16.5. The summed E-state index contributed by atoms with van der Waals surface area (Å²) in [6, 6.07) is 5.99. The van der Waals surface area contributed by atoms with Gasteiger partial charge in [-0.3, -0.25) is 0 Å². The Bertz CT molecular complexity index is 334. The third-order valence-corrected chi connectivity index (χ3v) is 2.40. The average molecular weight is 209 g/mol. The Morgan fingerprint density at radius 2 is 2.13 bits per heavy atom.